The Kier molecular flexibility index (Phi) is 4.62. The lowest BCUT2D eigenvalue weighted by molar-refractivity contribution is -0.385. The second-order valence-electron chi connectivity index (χ2n) is 4.69. The van der Waals surface area contributed by atoms with E-state index in [1.54, 1.807) is 38.1 Å². The molecule has 0 spiro atoms. The summed E-state index contributed by atoms with van der Waals surface area (Å²) in [7, 11) is 0. The topological polar surface area (TPSA) is 81.5 Å². The normalized spacial score (nSPS) is 10.1. The Bertz CT molecular complexity index is 706. The molecule has 0 radical (unpaired) electrons. The Morgan fingerprint density at radius 3 is 2.23 bits per heavy atom. The van der Waals surface area contributed by atoms with E-state index in [4.69, 9.17) is 16.3 Å². The van der Waals surface area contributed by atoms with Crippen molar-refractivity contribution in [1.29, 1.82) is 0 Å². The molecule has 0 aliphatic carbocycles. The number of carbonyl (C=O) groups is 1. The molecule has 0 heterocycles. The van der Waals surface area contributed by atoms with Crippen LogP contribution in [0.4, 0.5) is 16.2 Å². The van der Waals surface area contributed by atoms with Crippen LogP contribution in [0.3, 0.4) is 0 Å². The molecule has 0 aliphatic heterocycles. The molecule has 114 valence electrons. The van der Waals surface area contributed by atoms with Gasteiger partial charge in [0.15, 0.2) is 0 Å². The molecule has 0 saturated heterocycles. The number of anilines is 1. The predicted molar refractivity (Wildman–Crippen MR) is 83.7 cm³/mol. The van der Waals surface area contributed by atoms with Crippen LogP contribution in [0.25, 0.3) is 0 Å². The van der Waals surface area contributed by atoms with E-state index >= 15 is 0 Å². The number of carbonyl (C=O) groups excluding carboxylic acids is 1. The Labute approximate surface area is 131 Å². The number of benzene rings is 2. The average Bonchev–Trinajstić information content (AvgIpc) is 2.45. The molecule has 0 saturated carbocycles. The van der Waals surface area contributed by atoms with Gasteiger partial charge >= 0.3 is 6.09 Å². The minimum absolute atomic E-state index is 0.0412. The van der Waals surface area contributed by atoms with E-state index in [0.29, 0.717) is 27.6 Å². The van der Waals surface area contributed by atoms with E-state index in [9.17, 15) is 14.9 Å². The van der Waals surface area contributed by atoms with Gasteiger partial charge in [0.05, 0.1) is 4.92 Å². The van der Waals surface area contributed by atoms with Gasteiger partial charge in [-0.1, -0.05) is 11.6 Å². The van der Waals surface area contributed by atoms with Gasteiger partial charge in [0, 0.05) is 22.8 Å². The molecule has 2 aromatic rings. The van der Waals surface area contributed by atoms with E-state index < -0.39 is 11.0 Å². The number of aryl methyl sites for hydroxylation is 2. The highest BCUT2D eigenvalue weighted by Gasteiger charge is 2.15. The summed E-state index contributed by atoms with van der Waals surface area (Å²) in [5, 5.41) is 13.9. The van der Waals surface area contributed by atoms with Crippen LogP contribution in [0.2, 0.25) is 5.02 Å². The maximum Gasteiger partial charge on any atom is 0.417 e. The van der Waals surface area contributed by atoms with E-state index in [1.807, 2.05) is 0 Å². The summed E-state index contributed by atoms with van der Waals surface area (Å²) in [4.78, 5) is 22.2. The monoisotopic (exact) mass is 320 g/mol. The summed E-state index contributed by atoms with van der Waals surface area (Å²) in [5.74, 6) is 0.303. The molecular formula is C15H13ClN2O4. The number of halogens is 1. The molecule has 22 heavy (non-hydrogen) atoms. The van der Waals surface area contributed by atoms with Crippen molar-refractivity contribution in [2.24, 2.45) is 0 Å². The van der Waals surface area contributed by atoms with E-state index in [-0.39, 0.29) is 5.69 Å². The molecule has 0 aromatic heterocycles. The van der Waals surface area contributed by atoms with Crippen molar-refractivity contribution in [3.8, 4) is 5.75 Å². The van der Waals surface area contributed by atoms with Crippen LogP contribution in [0.1, 0.15) is 11.1 Å². The first-order chi connectivity index (χ1) is 10.4. The molecule has 1 N–H and O–H groups in total. The molecule has 7 heteroatoms. The maximum absolute atomic E-state index is 11.9. The van der Waals surface area contributed by atoms with Crippen molar-refractivity contribution < 1.29 is 14.5 Å². The van der Waals surface area contributed by atoms with Crippen molar-refractivity contribution in [3.63, 3.8) is 0 Å². The van der Waals surface area contributed by atoms with Gasteiger partial charge in [0.1, 0.15) is 5.75 Å². The first-order valence-corrected chi connectivity index (χ1v) is 6.74. The maximum atomic E-state index is 11.9. The van der Waals surface area contributed by atoms with Crippen molar-refractivity contribution in [3.05, 3.63) is 62.7 Å². The van der Waals surface area contributed by atoms with Gasteiger partial charge in [0.25, 0.3) is 5.69 Å². The summed E-state index contributed by atoms with van der Waals surface area (Å²) < 4.78 is 5.24. The third kappa shape index (κ3) is 3.73. The first-order valence-electron chi connectivity index (χ1n) is 6.37. The number of nitro groups is 1. The Morgan fingerprint density at radius 2 is 1.73 bits per heavy atom. The van der Waals surface area contributed by atoms with Gasteiger partial charge in [-0.05, 0) is 49.2 Å². The van der Waals surface area contributed by atoms with Crippen LogP contribution in [0.5, 0.6) is 5.75 Å². The van der Waals surface area contributed by atoms with Crippen LogP contribution in [0, 0.1) is 24.0 Å². The number of rotatable bonds is 3. The molecule has 0 aliphatic rings. The first kappa shape index (κ1) is 15.8. The fourth-order valence-corrected chi connectivity index (χ4v) is 2.09. The number of nitrogens with zero attached hydrogens (tertiary/aromatic N) is 1. The van der Waals surface area contributed by atoms with Crippen LogP contribution in [-0.4, -0.2) is 11.0 Å². The highest BCUT2D eigenvalue weighted by molar-refractivity contribution is 6.30. The fraction of sp³-hybridized carbons (Fsp3) is 0.133. The van der Waals surface area contributed by atoms with Crippen molar-refractivity contribution in [2.45, 2.75) is 13.8 Å². The van der Waals surface area contributed by atoms with E-state index in [1.165, 1.54) is 12.1 Å². The number of ether oxygens (including phenoxy) is 1. The van der Waals surface area contributed by atoms with Crippen LogP contribution in [0.15, 0.2) is 36.4 Å². The lowest BCUT2D eigenvalue weighted by atomic mass is 10.1. The SMILES string of the molecule is Cc1cc([N+](=O)[O-])cc(C)c1OC(=O)Nc1ccc(Cl)cc1. The van der Waals surface area contributed by atoms with Gasteiger partial charge < -0.3 is 4.74 Å². The Hall–Kier alpha value is -2.60. The molecule has 0 unspecified atom stereocenters. The van der Waals surface area contributed by atoms with Gasteiger partial charge in [0.2, 0.25) is 0 Å². The highest BCUT2D eigenvalue weighted by atomic mass is 35.5. The number of amides is 1. The smallest absolute Gasteiger partial charge is 0.410 e. The predicted octanol–water partition coefficient (Wildman–Crippen LogP) is 4.48. The van der Waals surface area contributed by atoms with Crippen LogP contribution >= 0.6 is 11.6 Å². The largest absolute Gasteiger partial charge is 0.417 e. The molecular weight excluding hydrogens is 308 g/mol. The van der Waals surface area contributed by atoms with Crippen LogP contribution in [-0.2, 0) is 0 Å². The highest BCUT2D eigenvalue weighted by Crippen LogP contribution is 2.28. The summed E-state index contributed by atoms with van der Waals surface area (Å²) in [6.07, 6.45) is -0.678. The zero-order valence-corrected chi connectivity index (χ0v) is 12.7. The Balaban J connectivity index is 2.14. The lowest BCUT2D eigenvalue weighted by Crippen LogP contribution is -2.17. The van der Waals surface area contributed by atoms with E-state index in [0.717, 1.165) is 0 Å². The number of hydrogen-bond acceptors (Lipinski definition) is 4. The minimum Gasteiger partial charge on any atom is -0.410 e. The van der Waals surface area contributed by atoms with E-state index in [2.05, 4.69) is 5.32 Å². The standard InChI is InChI=1S/C15H13ClN2O4/c1-9-7-13(18(20)21)8-10(2)14(9)22-15(19)17-12-5-3-11(16)4-6-12/h3-8H,1-2H3,(H,17,19). The number of nitrogens with one attached hydrogen (secondary N) is 1. The summed E-state index contributed by atoms with van der Waals surface area (Å²) >= 11 is 5.76. The van der Waals surface area contributed by atoms with Gasteiger partial charge in [-0.2, -0.15) is 0 Å². The molecule has 0 atom stereocenters. The molecule has 2 rings (SSSR count). The quantitative estimate of drug-likeness (QED) is 0.668. The summed E-state index contributed by atoms with van der Waals surface area (Å²) in [5.41, 5.74) is 1.52. The third-order valence-electron chi connectivity index (χ3n) is 2.94. The number of hydrogen-bond donors (Lipinski definition) is 1. The average molecular weight is 321 g/mol. The lowest BCUT2D eigenvalue weighted by Gasteiger charge is -2.11. The zero-order valence-electron chi connectivity index (χ0n) is 11.9. The Morgan fingerprint density at radius 1 is 1.18 bits per heavy atom. The molecule has 1 amide bonds. The molecule has 6 nitrogen and oxygen atoms in total. The summed E-state index contributed by atoms with van der Waals surface area (Å²) in [6, 6.07) is 9.27. The van der Waals surface area contributed by atoms with Crippen LogP contribution < -0.4 is 10.1 Å². The third-order valence-corrected chi connectivity index (χ3v) is 3.19. The van der Waals surface area contributed by atoms with Gasteiger partial charge in [-0.3, -0.25) is 15.4 Å². The second-order valence-corrected chi connectivity index (χ2v) is 5.12. The van der Waals surface area contributed by atoms with Gasteiger partial charge in [-0.25, -0.2) is 4.79 Å². The second kappa shape index (κ2) is 6.44. The summed E-state index contributed by atoms with van der Waals surface area (Å²) in [6.45, 7) is 3.29. The number of non-ortho nitro benzene ring substituents is 1. The van der Waals surface area contributed by atoms with Crippen molar-refractivity contribution in [2.75, 3.05) is 5.32 Å². The molecule has 0 bridgehead atoms. The molecule has 2 aromatic carbocycles. The zero-order chi connectivity index (χ0) is 16.3. The fourth-order valence-electron chi connectivity index (χ4n) is 1.96. The van der Waals surface area contributed by atoms with Gasteiger partial charge in [-0.15, -0.1) is 0 Å². The van der Waals surface area contributed by atoms with Crippen molar-refractivity contribution >= 4 is 29.1 Å². The molecule has 0 fully saturated rings. The van der Waals surface area contributed by atoms with Crippen molar-refractivity contribution in [1.82, 2.24) is 0 Å². The minimum atomic E-state index is -0.678. The number of nitro benzene ring substituents is 1.